The first-order chi connectivity index (χ1) is 10.0. The highest BCUT2D eigenvalue weighted by molar-refractivity contribution is 5.48. The van der Waals surface area contributed by atoms with E-state index in [0.717, 1.165) is 17.1 Å². The van der Waals surface area contributed by atoms with Gasteiger partial charge < -0.3 is 15.2 Å². The van der Waals surface area contributed by atoms with Gasteiger partial charge in [-0.1, -0.05) is 26.0 Å². The lowest BCUT2D eigenvalue weighted by Crippen LogP contribution is -2.03. The highest BCUT2D eigenvalue weighted by Crippen LogP contribution is 2.29. The van der Waals surface area contributed by atoms with Crippen LogP contribution in [0.4, 0.5) is 5.69 Å². The summed E-state index contributed by atoms with van der Waals surface area (Å²) in [5.41, 5.74) is 9.91. The third-order valence-corrected chi connectivity index (χ3v) is 3.48. The van der Waals surface area contributed by atoms with Gasteiger partial charge in [0.25, 0.3) is 0 Å². The molecule has 2 aromatic rings. The summed E-state index contributed by atoms with van der Waals surface area (Å²) in [4.78, 5) is 0. The first-order valence-corrected chi connectivity index (χ1v) is 7.17. The van der Waals surface area contributed by atoms with Crippen molar-refractivity contribution in [2.75, 3.05) is 12.8 Å². The molecule has 0 spiro atoms. The van der Waals surface area contributed by atoms with Crippen LogP contribution < -0.4 is 15.2 Å². The van der Waals surface area contributed by atoms with Crippen molar-refractivity contribution >= 4 is 5.69 Å². The highest BCUT2D eigenvalue weighted by atomic mass is 16.5. The monoisotopic (exact) mass is 285 g/mol. The SMILES string of the molecule is COc1ccc(N)cc1COc1cc(C)ccc1C(C)C. The molecule has 0 aromatic heterocycles. The van der Waals surface area contributed by atoms with E-state index >= 15 is 0 Å². The largest absolute Gasteiger partial charge is 0.496 e. The van der Waals surface area contributed by atoms with Crippen LogP contribution in [0.25, 0.3) is 0 Å². The predicted octanol–water partition coefficient (Wildman–Crippen LogP) is 4.29. The molecule has 2 N–H and O–H groups in total. The Balaban J connectivity index is 2.24. The van der Waals surface area contributed by atoms with E-state index < -0.39 is 0 Å². The molecule has 0 saturated heterocycles. The molecular weight excluding hydrogens is 262 g/mol. The van der Waals surface area contributed by atoms with E-state index in [1.54, 1.807) is 7.11 Å². The number of rotatable bonds is 5. The number of hydrogen-bond acceptors (Lipinski definition) is 3. The quantitative estimate of drug-likeness (QED) is 0.833. The topological polar surface area (TPSA) is 44.5 Å². The number of nitrogen functional groups attached to an aromatic ring is 1. The van der Waals surface area contributed by atoms with E-state index in [-0.39, 0.29) is 0 Å². The Morgan fingerprint density at radius 1 is 1.05 bits per heavy atom. The number of nitrogens with two attached hydrogens (primary N) is 1. The van der Waals surface area contributed by atoms with Gasteiger partial charge >= 0.3 is 0 Å². The van der Waals surface area contributed by atoms with Crippen LogP contribution in [0.2, 0.25) is 0 Å². The molecule has 2 rings (SSSR count). The maximum absolute atomic E-state index is 6.03. The fourth-order valence-electron chi connectivity index (χ4n) is 2.31. The van der Waals surface area contributed by atoms with Crippen LogP contribution in [0.3, 0.4) is 0 Å². The van der Waals surface area contributed by atoms with Gasteiger partial charge in [-0.15, -0.1) is 0 Å². The minimum atomic E-state index is 0.420. The molecule has 0 fully saturated rings. The number of methoxy groups -OCH3 is 1. The lowest BCUT2D eigenvalue weighted by Gasteiger charge is -2.16. The number of benzene rings is 2. The van der Waals surface area contributed by atoms with E-state index in [4.69, 9.17) is 15.2 Å². The minimum absolute atomic E-state index is 0.420. The lowest BCUT2D eigenvalue weighted by atomic mass is 10.0. The van der Waals surface area contributed by atoms with Crippen molar-refractivity contribution in [1.29, 1.82) is 0 Å². The van der Waals surface area contributed by atoms with E-state index in [1.807, 2.05) is 18.2 Å². The molecule has 0 heterocycles. The van der Waals surface area contributed by atoms with Crippen molar-refractivity contribution in [2.45, 2.75) is 33.3 Å². The van der Waals surface area contributed by atoms with Crippen molar-refractivity contribution in [3.05, 3.63) is 53.1 Å². The van der Waals surface area contributed by atoms with Gasteiger partial charge in [-0.05, 0) is 48.2 Å². The number of anilines is 1. The van der Waals surface area contributed by atoms with Crippen molar-refractivity contribution in [3.63, 3.8) is 0 Å². The van der Waals surface area contributed by atoms with Crippen LogP contribution in [-0.2, 0) is 6.61 Å². The Hall–Kier alpha value is -2.16. The summed E-state index contributed by atoms with van der Waals surface area (Å²) in [6.45, 7) is 6.84. The van der Waals surface area contributed by atoms with Crippen molar-refractivity contribution < 1.29 is 9.47 Å². The molecule has 0 unspecified atom stereocenters. The molecule has 0 aliphatic carbocycles. The summed E-state index contributed by atoms with van der Waals surface area (Å²) >= 11 is 0. The van der Waals surface area contributed by atoms with Crippen LogP contribution in [0.1, 0.15) is 36.5 Å². The predicted molar refractivity (Wildman–Crippen MR) is 87.0 cm³/mol. The first-order valence-electron chi connectivity index (χ1n) is 7.17. The van der Waals surface area contributed by atoms with E-state index in [9.17, 15) is 0 Å². The zero-order valence-corrected chi connectivity index (χ0v) is 13.1. The maximum Gasteiger partial charge on any atom is 0.125 e. The van der Waals surface area contributed by atoms with Crippen molar-refractivity contribution in [2.24, 2.45) is 0 Å². The smallest absolute Gasteiger partial charge is 0.125 e. The molecule has 0 aliphatic heterocycles. The second-order valence-electron chi connectivity index (χ2n) is 5.56. The standard InChI is InChI=1S/C18H23NO2/c1-12(2)16-7-5-13(3)9-18(16)21-11-14-10-15(19)6-8-17(14)20-4/h5-10,12H,11,19H2,1-4H3. The molecule has 3 nitrogen and oxygen atoms in total. The van der Waals surface area contributed by atoms with E-state index in [1.165, 1.54) is 11.1 Å². The van der Waals surface area contributed by atoms with Gasteiger partial charge in [-0.3, -0.25) is 0 Å². The summed E-state index contributed by atoms with van der Waals surface area (Å²) < 4.78 is 11.4. The van der Waals surface area contributed by atoms with Gasteiger partial charge in [0.2, 0.25) is 0 Å². The fourth-order valence-corrected chi connectivity index (χ4v) is 2.31. The summed E-state index contributed by atoms with van der Waals surface area (Å²) in [6.07, 6.45) is 0. The molecule has 0 amide bonds. The summed E-state index contributed by atoms with van der Waals surface area (Å²) in [5, 5.41) is 0. The second-order valence-corrected chi connectivity index (χ2v) is 5.56. The van der Waals surface area contributed by atoms with Gasteiger partial charge in [-0.2, -0.15) is 0 Å². The fraction of sp³-hybridized carbons (Fsp3) is 0.333. The van der Waals surface area contributed by atoms with Crippen molar-refractivity contribution in [1.82, 2.24) is 0 Å². The lowest BCUT2D eigenvalue weighted by molar-refractivity contribution is 0.292. The normalized spacial score (nSPS) is 10.7. The van der Waals surface area contributed by atoms with Gasteiger partial charge in [0, 0.05) is 11.3 Å². The minimum Gasteiger partial charge on any atom is -0.496 e. The third kappa shape index (κ3) is 3.69. The van der Waals surface area contributed by atoms with Gasteiger partial charge in [0.05, 0.1) is 7.11 Å². The summed E-state index contributed by atoms with van der Waals surface area (Å²) in [7, 11) is 1.65. The average molecular weight is 285 g/mol. The van der Waals surface area contributed by atoms with Gasteiger partial charge in [0.1, 0.15) is 18.1 Å². The molecule has 112 valence electrons. The van der Waals surface area contributed by atoms with E-state index in [0.29, 0.717) is 18.2 Å². The molecule has 0 saturated carbocycles. The molecule has 2 aromatic carbocycles. The zero-order valence-electron chi connectivity index (χ0n) is 13.1. The van der Waals surface area contributed by atoms with Crippen molar-refractivity contribution in [3.8, 4) is 11.5 Å². The third-order valence-electron chi connectivity index (χ3n) is 3.48. The van der Waals surface area contributed by atoms with Gasteiger partial charge in [0.15, 0.2) is 0 Å². The zero-order chi connectivity index (χ0) is 15.4. The Labute approximate surface area is 126 Å². The maximum atomic E-state index is 6.03. The molecule has 0 radical (unpaired) electrons. The first kappa shape index (κ1) is 15.2. The second kappa shape index (κ2) is 6.53. The van der Waals surface area contributed by atoms with Crippen LogP contribution in [-0.4, -0.2) is 7.11 Å². The summed E-state index contributed by atoms with van der Waals surface area (Å²) in [5.74, 6) is 2.14. The Kier molecular flexibility index (Phi) is 4.73. The molecule has 21 heavy (non-hydrogen) atoms. The van der Waals surface area contributed by atoms with Crippen LogP contribution in [0.5, 0.6) is 11.5 Å². The number of hydrogen-bond donors (Lipinski definition) is 1. The highest BCUT2D eigenvalue weighted by Gasteiger charge is 2.10. The van der Waals surface area contributed by atoms with Crippen LogP contribution in [0, 0.1) is 6.92 Å². The Morgan fingerprint density at radius 3 is 2.48 bits per heavy atom. The molecule has 0 atom stereocenters. The molecular formula is C18H23NO2. The molecule has 0 bridgehead atoms. The van der Waals surface area contributed by atoms with Crippen LogP contribution >= 0.6 is 0 Å². The number of ether oxygens (including phenoxy) is 2. The molecule has 0 aliphatic rings. The Bertz CT molecular complexity index is 621. The average Bonchev–Trinajstić information content (AvgIpc) is 2.45. The summed E-state index contributed by atoms with van der Waals surface area (Å²) in [6, 6.07) is 11.9. The number of aryl methyl sites for hydroxylation is 1. The van der Waals surface area contributed by atoms with E-state index in [2.05, 4.69) is 39.0 Å². The van der Waals surface area contributed by atoms with Gasteiger partial charge in [-0.25, -0.2) is 0 Å². The van der Waals surface area contributed by atoms with Crippen LogP contribution in [0.15, 0.2) is 36.4 Å². The Morgan fingerprint density at radius 2 is 1.81 bits per heavy atom. The molecule has 3 heteroatoms.